The lowest BCUT2D eigenvalue weighted by Crippen LogP contribution is -2.30. The molecule has 1 amide bonds. The third-order valence-corrected chi connectivity index (χ3v) is 3.62. The summed E-state index contributed by atoms with van der Waals surface area (Å²) >= 11 is 0. The van der Waals surface area contributed by atoms with Crippen LogP contribution in [-0.4, -0.2) is 33.3 Å². The zero-order valence-electron chi connectivity index (χ0n) is 13.2. The zero-order chi connectivity index (χ0) is 17.1. The normalized spacial score (nSPS) is 12.0. The lowest BCUT2D eigenvalue weighted by atomic mass is 10.1. The zero-order valence-corrected chi connectivity index (χ0v) is 13.2. The standard InChI is InChI=1S/C16H19N3O4/c1-8-14(9(2)18-15(8)10(3)20)16(23)17-7-12(21)11-5-4-6-13(22)19-11/h4-6,12,18,21H,7H2,1-3H3,(H,17,23)(H,19,22). The third kappa shape index (κ3) is 3.57. The third-order valence-electron chi connectivity index (χ3n) is 3.62. The monoisotopic (exact) mass is 317 g/mol. The fourth-order valence-corrected chi connectivity index (χ4v) is 2.49. The van der Waals surface area contributed by atoms with E-state index in [-0.39, 0.29) is 23.8 Å². The molecule has 0 aromatic carbocycles. The molecule has 2 heterocycles. The van der Waals surface area contributed by atoms with Crippen LogP contribution in [-0.2, 0) is 0 Å². The van der Waals surface area contributed by atoms with Crippen LogP contribution in [0.25, 0.3) is 0 Å². The van der Waals surface area contributed by atoms with E-state index < -0.39 is 6.10 Å². The lowest BCUT2D eigenvalue weighted by molar-refractivity contribution is 0.0913. The molecule has 23 heavy (non-hydrogen) atoms. The summed E-state index contributed by atoms with van der Waals surface area (Å²) in [5, 5.41) is 12.6. The molecule has 7 nitrogen and oxygen atoms in total. The molecule has 0 bridgehead atoms. The first-order valence-corrected chi connectivity index (χ1v) is 7.17. The number of aliphatic hydroxyl groups is 1. The highest BCUT2D eigenvalue weighted by Crippen LogP contribution is 2.18. The molecule has 2 aromatic heterocycles. The molecule has 1 atom stereocenters. The number of hydrogen-bond donors (Lipinski definition) is 4. The van der Waals surface area contributed by atoms with Gasteiger partial charge < -0.3 is 20.4 Å². The van der Waals surface area contributed by atoms with Crippen LogP contribution in [0.3, 0.4) is 0 Å². The number of hydrogen-bond acceptors (Lipinski definition) is 4. The number of carbonyl (C=O) groups is 2. The van der Waals surface area contributed by atoms with E-state index in [1.165, 1.54) is 19.1 Å². The summed E-state index contributed by atoms with van der Waals surface area (Å²) in [5.74, 6) is -0.535. The van der Waals surface area contributed by atoms with Crippen molar-refractivity contribution in [1.82, 2.24) is 15.3 Å². The minimum absolute atomic E-state index is 0.0573. The molecule has 0 aliphatic carbocycles. The summed E-state index contributed by atoms with van der Waals surface area (Å²) in [7, 11) is 0. The maximum atomic E-state index is 12.3. The Morgan fingerprint density at radius 1 is 1.26 bits per heavy atom. The van der Waals surface area contributed by atoms with E-state index in [0.717, 1.165) is 0 Å². The molecule has 0 spiro atoms. The summed E-state index contributed by atoms with van der Waals surface area (Å²) in [5.41, 5.74) is 1.97. The van der Waals surface area contributed by atoms with Gasteiger partial charge in [0.2, 0.25) is 5.56 Å². The first-order chi connectivity index (χ1) is 10.8. The van der Waals surface area contributed by atoms with E-state index in [1.807, 2.05) is 0 Å². The highest BCUT2D eigenvalue weighted by molar-refractivity contribution is 6.02. The average Bonchev–Trinajstić information content (AvgIpc) is 2.79. The van der Waals surface area contributed by atoms with Crippen LogP contribution >= 0.6 is 0 Å². The van der Waals surface area contributed by atoms with Gasteiger partial charge in [0.25, 0.3) is 5.91 Å². The van der Waals surface area contributed by atoms with Crippen molar-refractivity contribution in [2.24, 2.45) is 0 Å². The second kappa shape index (κ2) is 6.62. The van der Waals surface area contributed by atoms with E-state index in [2.05, 4.69) is 15.3 Å². The molecular formula is C16H19N3O4. The van der Waals surface area contributed by atoms with Crippen molar-refractivity contribution in [3.63, 3.8) is 0 Å². The average molecular weight is 317 g/mol. The van der Waals surface area contributed by atoms with Crippen LogP contribution in [0.4, 0.5) is 0 Å². The Kier molecular flexibility index (Phi) is 4.80. The maximum absolute atomic E-state index is 12.3. The predicted molar refractivity (Wildman–Crippen MR) is 84.6 cm³/mol. The number of Topliss-reactive ketones (excluding diaryl/α,β-unsaturated/α-hetero) is 1. The number of amides is 1. The van der Waals surface area contributed by atoms with E-state index in [1.54, 1.807) is 19.9 Å². The number of carbonyl (C=O) groups excluding carboxylic acids is 2. The summed E-state index contributed by atoms with van der Waals surface area (Å²) in [4.78, 5) is 40.4. The smallest absolute Gasteiger partial charge is 0.253 e. The molecule has 2 rings (SSSR count). The number of pyridine rings is 1. The van der Waals surface area contributed by atoms with Crippen molar-refractivity contribution in [1.29, 1.82) is 0 Å². The maximum Gasteiger partial charge on any atom is 0.253 e. The van der Waals surface area contributed by atoms with Gasteiger partial charge in [0.1, 0.15) is 6.10 Å². The number of nitrogens with one attached hydrogen (secondary N) is 3. The first kappa shape index (κ1) is 16.7. The number of rotatable bonds is 5. The number of aryl methyl sites for hydroxylation is 1. The van der Waals surface area contributed by atoms with Crippen LogP contribution in [0.1, 0.15) is 50.8 Å². The van der Waals surface area contributed by atoms with Crippen molar-refractivity contribution < 1.29 is 14.7 Å². The number of aromatic amines is 2. The van der Waals surface area contributed by atoms with Gasteiger partial charge in [-0.2, -0.15) is 0 Å². The van der Waals surface area contributed by atoms with Gasteiger partial charge in [0, 0.05) is 30.9 Å². The van der Waals surface area contributed by atoms with Gasteiger partial charge in [-0.15, -0.1) is 0 Å². The summed E-state index contributed by atoms with van der Waals surface area (Å²) in [6.07, 6.45) is -1.03. The largest absolute Gasteiger partial charge is 0.385 e. The molecule has 7 heteroatoms. The molecule has 0 aliphatic rings. The highest BCUT2D eigenvalue weighted by atomic mass is 16.3. The molecule has 0 radical (unpaired) electrons. The van der Waals surface area contributed by atoms with Crippen molar-refractivity contribution >= 4 is 11.7 Å². The Morgan fingerprint density at radius 3 is 2.52 bits per heavy atom. The van der Waals surface area contributed by atoms with E-state index in [9.17, 15) is 19.5 Å². The quantitative estimate of drug-likeness (QED) is 0.615. The highest BCUT2D eigenvalue weighted by Gasteiger charge is 2.20. The van der Waals surface area contributed by atoms with Crippen LogP contribution in [0, 0.1) is 13.8 Å². The van der Waals surface area contributed by atoms with Crippen molar-refractivity contribution in [2.45, 2.75) is 26.9 Å². The SMILES string of the molecule is CC(=O)c1[nH]c(C)c(C(=O)NCC(O)c2cccc(=O)[nH]2)c1C. The number of aliphatic hydroxyl groups excluding tert-OH is 1. The summed E-state index contributed by atoms with van der Waals surface area (Å²) in [6, 6.07) is 4.43. The summed E-state index contributed by atoms with van der Waals surface area (Å²) < 4.78 is 0. The first-order valence-electron chi connectivity index (χ1n) is 7.17. The topological polar surface area (TPSA) is 115 Å². The van der Waals surface area contributed by atoms with Gasteiger partial charge in [-0.3, -0.25) is 14.4 Å². The van der Waals surface area contributed by atoms with E-state index in [4.69, 9.17) is 0 Å². The Balaban J connectivity index is 2.11. The molecule has 122 valence electrons. The second-order valence-electron chi connectivity index (χ2n) is 5.38. The van der Waals surface area contributed by atoms with Crippen molar-refractivity contribution in [3.8, 4) is 0 Å². The van der Waals surface area contributed by atoms with Gasteiger partial charge in [-0.25, -0.2) is 0 Å². The Bertz CT molecular complexity index is 804. The molecule has 0 saturated carbocycles. The van der Waals surface area contributed by atoms with Gasteiger partial charge in [-0.05, 0) is 25.5 Å². The van der Waals surface area contributed by atoms with Crippen molar-refractivity contribution in [2.75, 3.05) is 6.54 Å². The van der Waals surface area contributed by atoms with Gasteiger partial charge in [0.05, 0.1) is 11.3 Å². The van der Waals surface area contributed by atoms with Crippen LogP contribution in [0.15, 0.2) is 23.0 Å². The minimum atomic E-state index is -1.03. The number of aromatic nitrogens is 2. The van der Waals surface area contributed by atoms with E-state index >= 15 is 0 Å². The Labute approximate surface area is 132 Å². The van der Waals surface area contributed by atoms with Crippen LogP contribution in [0.2, 0.25) is 0 Å². The predicted octanol–water partition coefficient (Wildman–Crippen LogP) is 0.986. The second-order valence-corrected chi connectivity index (χ2v) is 5.38. The van der Waals surface area contributed by atoms with Crippen LogP contribution in [0.5, 0.6) is 0 Å². The Morgan fingerprint density at radius 2 is 1.96 bits per heavy atom. The minimum Gasteiger partial charge on any atom is -0.385 e. The number of H-pyrrole nitrogens is 2. The molecular weight excluding hydrogens is 298 g/mol. The molecule has 1 unspecified atom stereocenters. The van der Waals surface area contributed by atoms with Crippen molar-refractivity contribution in [3.05, 3.63) is 56.8 Å². The molecule has 0 aliphatic heterocycles. The Hall–Kier alpha value is -2.67. The van der Waals surface area contributed by atoms with Gasteiger partial charge in [0.15, 0.2) is 5.78 Å². The van der Waals surface area contributed by atoms with Crippen LogP contribution < -0.4 is 10.9 Å². The molecule has 0 saturated heterocycles. The van der Waals surface area contributed by atoms with E-state index in [0.29, 0.717) is 28.2 Å². The molecule has 0 fully saturated rings. The fraction of sp³-hybridized carbons (Fsp3) is 0.312. The number of ketones is 1. The molecule has 4 N–H and O–H groups in total. The van der Waals surface area contributed by atoms with Gasteiger partial charge in [-0.1, -0.05) is 6.07 Å². The lowest BCUT2D eigenvalue weighted by Gasteiger charge is -2.12. The van der Waals surface area contributed by atoms with Gasteiger partial charge >= 0.3 is 0 Å². The fourth-order valence-electron chi connectivity index (χ4n) is 2.49. The summed E-state index contributed by atoms with van der Waals surface area (Å²) in [6.45, 7) is 4.77. The molecule has 2 aromatic rings.